The molecule has 0 aliphatic rings. The van der Waals surface area contributed by atoms with E-state index in [4.69, 9.17) is 11.6 Å². The Hall–Kier alpha value is -1.02. The zero-order valence-corrected chi connectivity index (χ0v) is 9.14. The lowest BCUT2D eigenvalue weighted by Crippen LogP contribution is -2.26. The first-order chi connectivity index (χ1) is 6.65. The number of hydrogen-bond acceptors (Lipinski definition) is 1. The molecule has 0 spiro atoms. The molecule has 14 heavy (non-hydrogen) atoms. The first-order valence-corrected chi connectivity index (χ1v) is 5.07. The molecule has 0 radical (unpaired) electrons. The van der Waals surface area contributed by atoms with E-state index in [9.17, 15) is 4.79 Å². The molecule has 1 aromatic rings. The predicted octanol–water partition coefficient (Wildman–Crippen LogP) is 2.41. The molecule has 0 bridgehead atoms. The fourth-order valence-electron chi connectivity index (χ4n) is 1.15. The maximum absolute atomic E-state index is 11.4. The molecule has 1 N–H and O–H groups in total. The zero-order chi connectivity index (χ0) is 10.6. The first kappa shape index (κ1) is 11.1. The Balaban J connectivity index is 2.73. The van der Waals surface area contributed by atoms with E-state index in [2.05, 4.69) is 5.32 Å². The SMILES string of the molecule is CCNC(=O)C(Cl)c1ccc(C)cc1. The van der Waals surface area contributed by atoms with Crippen molar-refractivity contribution in [2.75, 3.05) is 6.54 Å². The van der Waals surface area contributed by atoms with Gasteiger partial charge >= 0.3 is 0 Å². The van der Waals surface area contributed by atoms with Gasteiger partial charge in [-0.15, -0.1) is 11.6 Å². The second-order valence-electron chi connectivity index (χ2n) is 3.17. The summed E-state index contributed by atoms with van der Waals surface area (Å²) in [5.74, 6) is -0.141. The summed E-state index contributed by atoms with van der Waals surface area (Å²) in [4.78, 5) is 11.4. The molecule has 0 saturated heterocycles. The lowest BCUT2D eigenvalue weighted by Gasteiger charge is -2.09. The highest BCUT2D eigenvalue weighted by Crippen LogP contribution is 2.20. The number of hydrogen-bond donors (Lipinski definition) is 1. The molecule has 1 amide bonds. The molecule has 1 atom stereocenters. The summed E-state index contributed by atoms with van der Waals surface area (Å²) in [6.45, 7) is 4.48. The van der Waals surface area contributed by atoms with Crippen molar-refractivity contribution in [2.24, 2.45) is 0 Å². The summed E-state index contributed by atoms with van der Waals surface area (Å²) >= 11 is 5.98. The maximum atomic E-state index is 11.4. The standard InChI is InChI=1S/C11H14ClNO/c1-3-13-11(14)10(12)9-6-4-8(2)5-7-9/h4-7,10H,3H2,1-2H3,(H,13,14). The Labute approximate surface area is 89.3 Å². The fourth-order valence-corrected chi connectivity index (χ4v) is 1.37. The monoisotopic (exact) mass is 211 g/mol. The van der Waals surface area contributed by atoms with Crippen molar-refractivity contribution in [1.82, 2.24) is 5.32 Å². The van der Waals surface area contributed by atoms with Crippen LogP contribution in [0.4, 0.5) is 0 Å². The molecule has 1 rings (SSSR count). The van der Waals surface area contributed by atoms with Gasteiger partial charge in [0, 0.05) is 6.54 Å². The Bertz CT molecular complexity index is 308. The maximum Gasteiger partial charge on any atom is 0.242 e. The number of nitrogens with one attached hydrogen (secondary N) is 1. The second kappa shape index (κ2) is 5.01. The summed E-state index contributed by atoms with van der Waals surface area (Å²) in [6, 6.07) is 7.65. The highest BCUT2D eigenvalue weighted by Gasteiger charge is 2.15. The smallest absolute Gasteiger partial charge is 0.242 e. The lowest BCUT2D eigenvalue weighted by atomic mass is 10.1. The van der Waals surface area contributed by atoms with Crippen LogP contribution < -0.4 is 5.32 Å². The first-order valence-electron chi connectivity index (χ1n) is 4.63. The number of carbonyl (C=O) groups excluding carboxylic acids is 1. The minimum atomic E-state index is -0.587. The van der Waals surface area contributed by atoms with Crippen LogP contribution >= 0.6 is 11.6 Å². The summed E-state index contributed by atoms with van der Waals surface area (Å²) < 4.78 is 0. The summed E-state index contributed by atoms with van der Waals surface area (Å²) in [6.07, 6.45) is 0. The quantitative estimate of drug-likeness (QED) is 0.765. The minimum absolute atomic E-state index is 0.141. The predicted molar refractivity (Wildman–Crippen MR) is 58.5 cm³/mol. The van der Waals surface area contributed by atoms with Crippen LogP contribution in [0.5, 0.6) is 0 Å². The van der Waals surface area contributed by atoms with Gasteiger partial charge in [-0.3, -0.25) is 4.79 Å². The van der Waals surface area contributed by atoms with Gasteiger partial charge in [-0.25, -0.2) is 0 Å². The molecule has 1 aromatic carbocycles. The van der Waals surface area contributed by atoms with Crippen LogP contribution in [0.1, 0.15) is 23.4 Å². The molecule has 2 nitrogen and oxygen atoms in total. The van der Waals surface area contributed by atoms with Crippen molar-refractivity contribution in [2.45, 2.75) is 19.2 Å². The van der Waals surface area contributed by atoms with Gasteiger partial charge in [-0.05, 0) is 19.4 Å². The molecule has 3 heteroatoms. The second-order valence-corrected chi connectivity index (χ2v) is 3.60. The van der Waals surface area contributed by atoms with Crippen molar-refractivity contribution in [1.29, 1.82) is 0 Å². The van der Waals surface area contributed by atoms with E-state index in [1.165, 1.54) is 0 Å². The number of carbonyl (C=O) groups is 1. The molecule has 1 unspecified atom stereocenters. The lowest BCUT2D eigenvalue weighted by molar-refractivity contribution is -0.120. The Kier molecular flexibility index (Phi) is 3.96. The molecule has 0 fully saturated rings. The number of alkyl halides is 1. The minimum Gasteiger partial charge on any atom is -0.355 e. The van der Waals surface area contributed by atoms with Crippen LogP contribution in [0.3, 0.4) is 0 Å². The van der Waals surface area contributed by atoms with Gasteiger partial charge in [-0.2, -0.15) is 0 Å². The molecule has 0 heterocycles. The van der Waals surface area contributed by atoms with E-state index in [0.717, 1.165) is 11.1 Å². The summed E-state index contributed by atoms with van der Waals surface area (Å²) in [5, 5.41) is 2.10. The third-order valence-corrected chi connectivity index (χ3v) is 2.40. The number of halogens is 1. The zero-order valence-electron chi connectivity index (χ0n) is 8.38. The van der Waals surface area contributed by atoms with E-state index in [-0.39, 0.29) is 5.91 Å². The largest absolute Gasteiger partial charge is 0.355 e. The van der Waals surface area contributed by atoms with E-state index < -0.39 is 5.38 Å². The van der Waals surface area contributed by atoms with Gasteiger partial charge in [0.2, 0.25) is 5.91 Å². The number of likely N-dealkylation sites (N-methyl/N-ethyl adjacent to an activating group) is 1. The Morgan fingerprint density at radius 3 is 2.50 bits per heavy atom. The fraction of sp³-hybridized carbons (Fsp3) is 0.364. The molecule has 76 valence electrons. The molecular weight excluding hydrogens is 198 g/mol. The highest BCUT2D eigenvalue weighted by molar-refractivity contribution is 6.30. The van der Waals surface area contributed by atoms with Gasteiger partial charge in [0.25, 0.3) is 0 Å². The molecule has 0 saturated carbocycles. The molecule has 0 aromatic heterocycles. The van der Waals surface area contributed by atoms with Crippen LogP contribution in [0.15, 0.2) is 24.3 Å². The number of benzene rings is 1. The van der Waals surface area contributed by atoms with Gasteiger partial charge in [0.15, 0.2) is 0 Å². The third kappa shape index (κ3) is 2.74. The molecular formula is C11H14ClNO. The average molecular weight is 212 g/mol. The topological polar surface area (TPSA) is 29.1 Å². The van der Waals surface area contributed by atoms with E-state index in [1.54, 1.807) is 0 Å². The normalized spacial score (nSPS) is 12.2. The molecule has 0 aliphatic heterocycles. The van der Waals surface area contributed by atoms with Crippen molar-refractivity contribution in [3.8, 4) is 0 Å². The van der Waals surface area contributed by atoms with Crippen molar-refractivity contribution >= 4 is 17.5 Å². The summed E-state index contributed by atoms with van der Waals surface area (Å²) in [7, 11) is 0. The van der Waals surface area contributed by atoms with Crippen molar-refractivity contribution in [3.05, 3.63) is 35.4 Å². The van der Waals surface area contributed by atoms with Gasteiger partial charge in [0.1, 0.15) is 5.38 Å². The van der Waals surface area contributed by atoms with Crippen molar-refractivity contribution < 1.29 is 4.79 Å². The van der Waals surface area contributed by atoms with Crippen LogP contribution in [-0.2, 0) is 4.79 Å². The average Bonchev–Trinajstić information content (AvgIpc) is 2.18. The van der Waals surface area contributed by atoms with Gasteiger partial charge in [-0.1, -0.05) is 29.8 Å². The van der Waals surface area contributed by atoms with Crippen LogP contribution in [0.2, 0.25) is 0 Å². The number of rotatable bonds is 3. The van der Waals surface area contributed by atoms with E-state index in [0.29, 0.717) is 6.54 Å². The number of aryl methyl sites for hydroxylation is 1. The van der Waals surface area contributed by atoms with Gasteiger partial charge < -0.3 is 5.32 Å². The van der Waals surface area contributed by atoms with Gasteiger partial charge in [0.05, 0.1) is 0 Å². The Morgan fingerprint density at radius 2 is 2.00 bits per heavy atom. The number of amides is 1. The third-order valence-electron chi connectivity index (χ3n) is 1.95. The Morgan fingerprint density at radius 1 is 1.43 bits per heavy atom. The highest BCUT2D eigenvalue weighted by atomic mass is 35.5. The van der Waals surface area contributed by atoms with E-state index >= 15 is 0 Å². The van der Waals surface area contributed by atoms with Crippen molar-refractivity contribution in [3.63, 3.8) is 0 Å². The van der Waals surface area contributed by atoms with Crippen LogP contribution in [0.25, 0.3) is 0 Å². The van der Waals surface area contributed by atoms with Crippen LogP contribution in [0, 0.1) is 6.92 Å². The van der Waals surface area contributed by atoms with Crippen LogP contribution in [-0.4, -0.2) is 12.5 Å². The van der Waals surface area contributed by atoms with E-state index in [1.807, 2.05) is 38.1 Å². The summed E-state index contributed by atoms with van der Waals surface area (Å²) in [5.41, 5.74) is 2.00. The molecule has 0 aliphatic carbocycles.